The van der Waals surface area contributed by atoms with Crippen LogP contribution in [0.2, 0.25) is 0 Å². The highest BCUT2D eigenvalue weighted by Crippen LogP contribution is 2.39. The quantitative estimate of drug-likeness (QED) is 0.179. The lowest BCUT2D eigenvalue weighted by Crippen LogP contribution is -2.39. The molecule has 0 aliphatic rings. The number of Topliss-reactive ketones (excluding diaryl/α,β-unsaturated/α-hetero) is 2. The summed E-state index contributed by atoms with van der Waals surface area (Å²) < 4.78 is 1.39. The number of aliphatic hydroxyl groups excluding tert-OH is 4. The molecule has 1 amide bonds. The van der Waals surface area contributed by atoms with Gasteiger partial charge >= 0.3 is 0 Å². The molecule has 180 valence electrons. The molecule has 1 aromatic carbocycles. The Bertz CT molecular complexity index is 847. The van der Waals surface area contributed by atoms with E-state index < -0.39 is 24.7 Å². The largest absolute Gasteiger partial charge is 0.396 e. The molecule has 0 aliphatic carbocycles. The van der Waals surface area contributed by atoms with Crippen molar-refractivity contribution in [1.82, 2.24) is 0 Å². The first kappa shape index (κ1) is 30.1. The fourth-order valence-electron chi connectivity index (χ4n) is 3.01. The third-order valence-electron chi connectivity index (χ3n) is 4.84. The van der Waals surface area contributed by atoms with Crippen LogP contribution >= 0.6 is 67.8 Å². The third-order valence-corrected chi connectivity index (χ3v) is 8.02. The average Bonchev–Trinajstić information content (AvgIpc) is 2.74. The second-order valence-corrected chi connectivity index (χ2v) is 10.5. The van der Waals surface area contributed by atoms with Crippen molar-refractivity contribution in [3.63, 3.8) is 0 Å². The second-order valence-electron chi connectivity index (χ2n) is 7.28. The van der Waals surface area contributed by atoms with Crippen LogP contribution in [0.1, 0.15) is 66.7 Å². The van der Waals surface area contributed by atoms with Crippen LogP contribution < -0.4 is 4.90 Å². The summed E-state index contributed by atoms with van der Waals surface area (Å²) in [6.45, 7) is 2.22. The van der Waals surface area contributed by atoms with Crippen molar-refractivity contribution in [2.24, 2.45) is 0 Å². The second kappa shape index (κ2) is 14.5. The minimum Gasteiger partial charge on any atom is -0.396 e. The molecule has 0 aliphatic heterocycles. The number of anilines is 1. The van der Waals surface area contributed by atoms with Gasteiger partial charge in [0.05, 0.1) is 31.0 Å². The van der Waals surface area contributed by atoms with Gasteiger partial charge in [-0.25, -0.2) is 0 Å². The van der Waals surface area contributed by atoms with Crippen LogP contribution in [0.25, 0.3) is 0 Å². The zero-order valence-corrected chi connectivity index (χ0v) is 24.4. The highest BCUT2D eigenvalue weighted by molar-refractivity contribution is 14.1. The molecule has 0 spiro atoms. The molecular formula is C21H28I3NO7. The summed E-state index contributed by atoms with van der Waals surface area (Å²) in [5, 5.41) is 38.3. The van der Waals surface area contributed by atoms with Gasteiger partial charge in [-0.15, -0.1) is 0 Å². The van der Waals surface area contributed by atoms with Crippen LogP contribution in [0.5, 0.6) is 0 Å². The number of rotatable bonds is 13. The number of hydrogen-bond donors (Lipinski definition) is 4. The summed E-state index contributed by atoms with van der Waals surface area (Å²) in [5.41, 5.74) is 0.916. The first-order chi connectivity index (χ1) is 15.0. The van der Waals surface area contributed by atoms with Gasteiger partial charge in [-0.1, -0.05) is 6.92 Å². The fraction of sp³-hybridized carbons (Fsp3) is 0.571. The minimum atomic E-state index is -1.20. The highest BCUT2D eigenvalue weighted by Gasteiger charge is 2.31. The van der Waals surface area contributed by atoms with Gasteiger partial charge in [0.15, 0.2) is 11.6 Å². The standard InChI is InChI=1S/C21H28I3NO7/c1-3-12(29)6-7-15(32)17-18(22)16(14(31)5-4-8-26)19(23)21(20(17)24)25(11(2)28)9-13(30)10-27/h12-13,26-27,29-30H,3-10H2,1-2H3. The molecule has 0 bridgehead atoms. The Labute approximate surface area is 228 Å². The SMILES string of the molecule is CCC(O)CCC(=O)c1c(I)c(C(=O)CCCO)c(I)c(N(CC(O)CO)C(C)=O)c1I. The lowest BCUT2D eigenvalue weighted by molar-refractivity contribution is -0.117. The van der Waals surface area contributed by atoms with Crippen molar-refractivity contribution < 1.29 is 34.8 Å². The molecular weight excluding hydrogens is 759 g/mol. The van der Waals surface area contributed by atoms with Crippen LogP contribution in [0.3, 0.4) is 0 Å². The van der Waals surface area contributed by atoms with Gasteiger partial charge in [-0.3, -0.25) is 14.4 Å². The Morgan fingerprint density at radius 1 is 0.906 bits per heavy atom. The Kier molecular flexibility index (Phi) is 13.6. The Morgan fingerprint density at radius 2 is 1.44 bits per heavy atom. The van der Waals surface area contributed by atoms with Crippen molar-refractivity contribution in [2.75, 3.05) is 24.7 Å². The predicted molar refractivity (Wildman–Crippen MR) is 146 cm³/mol. The number of benzene rings is 1. The summed E-state index contributed by atoms with van der Waals surface area (Å²) in [7, 11) is 0. The first-order valence-corrected chi connectivity index (χ1v) is 13.4. The smallest absolute Gasteiger partial charge is 0.224 e. The fourth-order valence-corrected chi connectivity index (χ4v) is 7.97. The molecule has 4 N–H and O–H groups in total. The van der Waals surface area contributed by atoms with E-state index in [1.165, 1.54) is 11.8 Å². The number of nitrogens with zero attached hydrogens (tertiary/aromatic N) is 1. The molecule has 11 heteroatoms. The average molecular weight is 787 g/mol. The maximum atomic E-state index is 13.2. The number of halogens is 3. The van der Waals surface area contributed by atoms with Crippen LogP contribution in [0.15, 0.2) is 0 Å². The van der Waals surface area contributed by atoms with Crippen molar-refractivity contribution in [3.05, 3.63) is 21.8 Å². The Hall–Kier alpha value is 0.0600. The number of amides is 1. The molecule has 0 aromatic heterocycles. The predicted octanol–water partition coefficient (Wildman–Crippen LogP) is 2.90. The molecule has 1 aromatic rings. The van der Waals surface area contributed by atoms with Crippen molar-refractivity contribution in [1.29, 1.82) is 0 Å². The number of ketones is 2. The molecule has 0 heterocycles. The zero-order chi connectivity index (χ0) is 24.6. The zero-order valence-electron chi connectivity index (χ0n) is 17.9. The van der Waals surface area contributed by atoms with E-state index in [0.717, 1.165) is 0 Å². The van der Waals surface area contributed by atoms with Crippen LogP contribution in [-0.4, -0.2) is 69.9 Å². The topological polar surface area (TPSA) is 135 Å². The Balaban J connectivity index is 3.74. The maximum Gasteiger partial charge on any atom is 0.224 e. The summed E-state index contributed by atoms with van der Waals surface area (Å²) in [5.74, 6) is -0.936. The van der Waals surface area contributed by atoms with Gasteiger partial charge in [0.2, 0.25) is 5.91 Å². The number of aliphatic hydroxyl groups is 4. The maximum absolute atomic E-state index is 13.2. The van der Waals surface area contributed by atoms with E-state index in [0.29, 0.717) is 33.9 Å². The lowest BCUT2D eigenvalue weighted by Gasteiger charge is -2.28. The summed E-state index contributed by atoms with van der Waals surface area (Å²) in [6.07, 6.45) is -0.613. The minimum absolute atomic E-state index is 0.0735. The third kappa shape index (κ3) is 7.80. The molecule has 0 saturated heterocycles. The number of hydrogen-bond acceptors (Lipinski definition) is 7. The van der Waals surface area contributed by atoms with E-state index in [9.17, 15) is 29.7 Å². The van der Waals surface area contributed by atoms with Gasteiger partial charge in [0.1, 0.15) is 0 Å². The summed E-state index contributed by atoms with van der Waals surface area (Å²) in [6, 6.07) is 0. The molecule has 2 atom stereocenters. The molecule has 2 unspecified atom stereocenters. The van der Waals surface area contributed by atoms with E-state index in [1.807, 2.05) is 74.7 Å². The van der Waals surface area contributed by atoms with Gasteiger partial charge < -0.3 is 25.3 Å². The van der Waals surface area contributed by atoms with E-state index in [4.69, 9.17) is 5.11 Å². The normalized spacial score (nSPS) is 13.0. The van der Waals surface area contributed by atoms with Gasteiger partial charge in [0, 0.05) is 48.2 Å². The monoisotopic (exact) mass is 787 g/mol. The van der Waals surface area contributed by atoms with E-state index in [-0.39, 0.29) is 50.4 Å². The summed E-state index contributed by atoms with van der Waals surface area (Å²) in [4.78, 5) is 39.9. The molecule has 1 rings (SSSR count). The lowest BCUT2D eigenvalue weighted by atomic mass is 9.97. The van der Waals surface area contributed by atoms with E-state index in [1.54, 1.807) is 0 Å². The van der Waals surface area contributed by atoms with E-state index >= 15 is 0 Å². The van der Waals surface area contributed by atoms with Gasteiger partial charge in [0.25, 0.3) is 0 Å². The van der Waals surface area contributed by atoms with Gasteiger partial charge in [-0.05, 0) is 87.0 Å². The van der Waals surface area contributed by atoms with Crippen molar-refractivity contribution >= 4 is 90.9 Å². The van der Waals surface area contributed by atoms with Crippen LogP contribution in [0, 0.1) is 10.7 Å². The van der Waals surface area contributed by atoms with Gasteiger partial charge in [-0.2, -0.15) is 0 Å². The first-order valence-electron chi connectivity index (χ1n) is 10.1. The summed E-state index contributed by atoms with van der Waals surface area (Å²) >= 11 is 5.89. The molecule has 0 radical (unpaired) electrons. The Morgan fingerprint density at radius 3 is 1.88 bits per heavy atom. The molecule has 0 saturated carbocycles. The number of carbonyl (C=O) groups excluding carboxylic acids is 3. The molecule has 8 nitrogen and oxygen atoms in total. The van der Waals surface area contributed by atoms with Crippen molar-refractivity contribution in [2.45, 2.75) is 58.2 Å². The number of carbonyl (C=O) groups is 3. The molecule has 32 heavy (non-hydrogen) atoms. The van der Waals surface area contributed by atoms with Crippen LogP contribution in [-0.2, 0) is 4.79 Å². The van der Waals surface area contributed by atoms with Crippen molar-refractivity contribution in [3.8, 4) is 0 Å². The van der Waals surface area contributed by atoms with Crippen LogP contribution in [0.4, 0.5) is 5.69 Å². The molecule has 0 fully saturated rings. The van der Waals surface area contributed by atoms with E-state index in [2.05, 4.69) is 0 Å². The highest BCUT2D eigenvalue weighted by atomic mass is 127.